The minimum atomic E-state index is -0.358. The third kappa shape index (κ3) is 2.76. The van der Waals surface area contributed by atoms with Crippen LogP contribution < -0.4 is 0 Å². The molecule has 3 aliphatic heterocycles. The van der Waals surface area contributed by atoms with Gasteiger partial charge in [0.1, 0.15) is 0 Å². The molecule has 0 aromatic heterocycles. The van der Waals surface area contributed by atoms with Crippen LogP contribution in [0, 0.1) is 5.92 Å². The van der Waals surface area contributed by atoms with E-state index >= 15 is 0 Å². The van der Waals surface area contributed by atoms with Crippen LogP contribution in [0.2, 0.25) is 5.82 Å². The van der Waals surface area contributed by atoms with Crippen molar-refractivity contribution in [1.29, 1.82) is 0 Å². The highest BCUT2D eigenvalue weighted by Gasteiger charge is 2.56. The van der Waals surface area contributed by atoms with Crippen molar-refractivity contribution in [3.05, 3.63) is 11.6 Å². The van der Waals surface area contributed by atoms with E-state index in [0.29, 0.717) is 25.7 Å². The molecule has 0 N–H and O–H groups in total. The van der Waals surface area contributed by atoms with Gasteiger partial charge in [-0.15, -0.1) is 0 Å². The maximum Gasteiger partial charge on any atom is 0.464 e. The van der Waals surface area contributed by atoms with Gasteiger partial charge in [-0.3, -0.25) is 0 Å². The predicted octanol–water partition coefficient (Wildman–Crippen LogP) is 2.95. The standard InChI is InChI=1S/C18H29BO5/c1-16(2)17(3,4)24-19(23-16)15-12-20-11-14(15)13-5-7-18(8-6-13)21-9-10-22-18/h5,14-15H,6-12H2,1-4H3. The van der Waals surface area contributed by atoms with Crippen molar-refractivity contribution in [3.8, 4) is 0 Å². The summed E-state index contributed by atoms with van der Waals surface area (Å²) in [5, 5.41) is 0. The fourth-order valence-corrected chi connectivity index (χ4v) is 4.21. The first-order chi connectivity index (χ1) is 11.3. The van der Waals surface area contributed by atoms with Gasteiger partial charge in [0.15, 0.2) is 5.79 Å². The molecule has 134 valence electrons. The van der Waals surface area contributed by atoms with E-state index in [1.54, 1.807) is 0 Å². The molecule has 1 spiro atoms. The van der Waals surface area contributed by atoms with Gasteiger partial charge in [-0.05, 0) is 34.1 Å². The molecule has 6 heteroatoms. The van der Waals surface area contributed by atoms with Gasteiger partial charge >= 0.3 is 7.12 Å². The largest absolute Gasteiger partial charge is 0.464 e. The first-order valence-corrected chi connectivity index (χ1v) is 9.22. The zero-order valence-electron chi connectivity index (χ0n) is 15.3. The van der Waals surface area contributed by atoms with Crippen LogP contribution in [0.5, 0.6) is 0 Å². The van der Waals surface area contributed by atoms with Crippen LogP contribution in [0.4, 0.5) is 0 Å². The van der Waals surface area contributed by atoms with Gasteiger partial charge in [0.05, 0.1) is 31.0 Å². The lowest BCUT2D eigenvalue weighted by atomic mass is 9.63. The van der Waals surface area contributed by atoms with Gasteiger partial charge in [-0.1, -0.05) is 11.6 Å². The molecule has 3 heterocycles. The molecule has 2 unspecified atom stereocenters. The summed E-state index contributed by atoms with van der Waals surface area (Å²) in [5.74, 6) is 0.276. The summed E-state index contributed by atoms with van der Waals surface area (Å²) in [6.07, 6.45) is 5.09. The third-order valence-corrected chi connectivity index (χ3v) is 6.51. The average molecular weight is 336 g/mol. The molecule has 4 rings (SSSR count). The Morgan fingerprint density at radius 2 is 1.67 bits per heavy atom. The van der Waals surface area contributed by atoms with E-state index in [1.165, 1.54) is 5.57 Å². The molecule has 0 aromatic carbocycles. The zero-order chi connectivity index (χ0) is 17.0. The quantitative estimate of drug-likeness (QED) is 0.573. The Hall–Kier alpha value is -0.395. The topological polar surface area (TPSA) is 46.2 Å². The average Bonchev–Trinajstić information content (AvgIpc) is 3.20. The molecule has 3 fully saturated rings. The van der Waals surface area contributed by atoms with Crippen molar-refractivity contribution >= 4 is 7.12 Å². The fraction of sp³-hybridized carbons (Fsp3) is 0.889. The van der Waals surface area contributed by atoms with Crippen molar-refractivity contribution in [2.24, 2.45) is 5.92 Å². The van der Waals surface area contributed by atoms with E-state index in [2.05, 4.69) is 33.8 Å². The van der Waals surface area contributed by atoms with E-state index < -0.39 is 0 Å². The van der Waals surface area contributed by atoms with E-state index in [-0.39, 0.29) is 29.9 Å². The van der Waals surface area contributed by atoms with Gasteiger partial charge in [0.2, 0.25) is 0 Å². The second kappa shape index (κ2) is 5.81. The highest BCUT2D eigenvalue weighted by Crippen LogP contribution is 2.47. The first-order valence-electron chi connectivity index (χ1n) is 9.22. The Labute approximate surface area is 145 Å². The summed E-state index contributed by atoms with van der Waals surface area (Å²) in [6.45, 7) is 11.3. The Morgan fingerprint density at radius 3 is 2.25 bits per heavy atom. The summed E-state index contributed by atoms with van der Waals surface area (Å²) >= 11 is 0. The van der Waals surface area contributed by atoms with Gasteiger partial charge in [-0.2, -0.15) is 0 Å². The maximum atomic E-state index is 6.28. The predicted molar refractivity (Wildman–Crippen MR) is 90.7 cm³/mol. The summed E-state index contributed by atoms with van der Waals surface area (Å²) in [6, 6.07) is 0. The SMILES string of the molecule is CC1(C)OB(C2COCC2C2=CCC3(CC2)OCCO3)OC1(C)C. The minimum absolute atomic E-state index is 0.196. The van der Waals surface area contributed by atoms with Crippen LogP contribution in [0.15, 0.2) is 11.6 Å². The second-order valence-corrected chi connectivity index (χ2v) is 8.52. The lowest BCUT2D eigenvalue weighted by Gasteiger charge is -2.33. The van der Waals surface area contributed by atoms with Crippen LogP contribution in [-0.2, 0) is 23.5 Å². The van der Waals surface area contributed by atoms with Crippen molar-refractivity contribution in [2.45, 2.75) is 69.8 Å². The highest BCUT2D eigenvalue weighted by atomic mass is 16.7. The summed E-state index contributed by atoms with van der Waals surface area (Å²) in [4.78, 5) is 0. The smallest absolute Gasteiger partial charge is 0.403 e. The molecule has 0 amide bonds. The molecule has 0 aromatic rings. The molecule has 2 atom stereocenters. The van der Waals surface area contributed by atoms with E-state index in [4.69, 9.17) is 23.5 Å². The van der Waals surface area contributed by atoms with Crippen LogP contribution in [0.25, 0.3) is 0 Å². The number of ether oxygens (including phenoxy) is 3. The first kappa shape index (κ1) is 17.0. The molecular weight excluding hydrogens is 307 g/mol. The molecule has 3 saturated heterocycles. The highest BCUT2D eigenvalue weighted by molar-refractivity contribution is 6.47. The zero-order valence-corrected chi connectivity index (χ0v) is 15.3. The molecule has 1 aliphatic carbocycles. The molecule has 5 nitrogen and oxygen atoms in total. The second-order valence-electron chi connectivity index (χ2n) is 8.52. The lowest BCUT2D eigenvalue weighted by Crippen LogP contribution is -2.41. The molecule has 4 aliphatic rings. The van der Waals surface area contributed by atoms with E-state index in [0.717, 1.165) is 25.9 Å². The van der Waals surface area contributed by atoms with Crippen molar-refractivity contribution in [2.75, 3.05) is 26.4 Å². The number of hydrogen-bond acceptors (Lipinski definition) is 5. The Kier molecular flexibility index (Phi) is 4.13. The lowest BCUT2D eigenvalue weighted by molar-refractivity contribution is -0.161. The normalized spacial score (nSPS) is 37.2. The monoisotopic (exact) mass is 336 g/mol. The van der Waals surface area contributed by atoms with Crippen molar-refractivity contribution < 1.29 is 23.5 Å². The van der Waals surface area contributed by atoms with Gasteiger partial charge in [-0.25, -0.2) is 0 Å². The third-order valence-electron chi connectivity index (χ3n) is 6.51. The number of hydrogen-bond donors (Lipinski definition) is 0. The molecule has 0 radical (unpaired) electrons. The molecule has 24 heavy (non-hydrogen) atoms. The van der Waals surface area contributed by atoms with Gasteiger partial charge < -0.3 is 23.5 Å². The Balaban J connectivity index is 1.47. The van der Waals surface area contributed by atoms with Crippen LogP contribution in [0.3, 0.4) is 0 Å². The summed E-state index contributed by atoms with van der Waals surface area (Å²) in [5.41, 5.74) is 0.875. The molecule has 0 saturated carbocycles. The van der Waals surface area contributed by atoms with Crippen molar-refractivity contribution in [1.82, 2.24) is 0 Å². The Bertz CT molecular complexity index is 508. The minimum Gasteiger partial charge on any atom is -0.403 e. The summed E-state index contributed by atoms with van der Waals surface area (Å²) in [7, 11) is -0.196. The maximum absolute atomic E-state index is 6.28. The van der Waals surface area contributed by atoms with E-state index in [9.17, 15) is 0 Å². The molecular formula is C18H29BO5. The van der Waals surface area contributed by atoms with Crippen LogP contribution >= 0.6 is 0 Å². The summed E-state index contributed by atoms with van der Waals surface area (Å²) < 4.78 is 30.0. The van der Waals surface area contributed by atoms with Gasteiger partial charge in [0.25, 0.3) is 0 Å². The van der Waals surface area contributed by atoms with E-state index in [1.807, 2.05) is 0 Å². The van der Waals surface area contributed by atoms with Crippen molar-refractivity contribution in [3.63, 3.8) is 0 Å². The Morgan fingerprint density at radius 1 is 1.00 bits per heavy atom. The van der Waals surface area contributed by atoms with Crippen LogP contribution in [0.1, 0.15) is 47.0 Å². The fourth-order valence-electron chi connectivity index (χ4n) is 4.21. The van der Waals surface area contributed by atoms with Gasteiger partial charge in [0, 0.05) is 31.2 Å². The molecule has 0 bridgehead atoms. The van der Waals surface area contributed by atoms with Crippen LogP contribution in [-0.4, -0.2) is 50.5 Å². The number of rotatable bonds is 2.